The van der Waals surface area contributed by atoms with E-state index in [4.69, 9.17) is 5.73 Å². The van der Waals surface area contributed by atoms with Gasteiger partial charge in [-0.3, -0.25) is 4.79 Å². The normalized spacial score (nSPS) is 23.4. The first kappa shape index (κ1) is 15.4. The molecule has 0 radical (unpaired) electrons. The van der Waals surface area contributed by atoms with Gasteiger partial charge in [0.05, 0.1) is 5.54 Å². The van der Waals surface area contributed by atoms with Crippen molar-refractivity contribution in [2.45, 2.75) is 44.1 Å². The van der Waals surface area contributed by atoms with E-state index in [1.807, 2.05) is 4.90 Å². The Bertz CT molecular complexity index is 552. The Hall–Kier alpha value is -1.49. The molecule has 0 unspecified atom stereocenters. The van der Waals surface area contributed by atoms with Gasteiger partial charge in [0, 0.05) is 18.7 Å². The fraction of sp³-hybridized carbons (Fsp3) is 0.588. The number of halogens is 2. The Labute approximate surface area is 129 Å². The van der Waals surface area contributed by atoms with Crippen molar-refractivity contribution in [2.24, 2.45) is 11.7 Å². The number of hydrogen-bond acceptors (Lipinski definition) is 2. The standard InChI is InChI=1S/C17H22F2N2O/c18-14-4-1-5-15(19)13(14)7-6-12-3-2-10-21(11-12)16(22)17(20)8-9-17/h1,4-5,12H,2-3,6-11,20H2/t12-/m0/s1. The van der Waals surface area contributed by atoms with Gasteiger partial charge in [-0.25, -0.2) is 8.78 Å². The van der Waals surface area contributed by atoms with Gasteiger partial charge in [0.15, 0.2) is 0 Å². The fourth-order valence-corrected chi connectivity index (χ4v) is 3.27. The molecule has 2 fully saturated rings. The molecule has 2 N–H and O–H groups in total. The molecule has 1 saturated heterocycles. The SMILES string of the molecule is NC1(C(=O)N2CCC[C@@H](CCc3c(F)cccc3F)C2)CC1. The number of nitrogens with zero attached hydrogens (tertiary/aromatic N) is 1. The molecule has 1 aromatic carbocycles. The van der Waals surface area contributed by atoms with Crippen LogP contribution in [-0.2, 0) is 11.2 Å². The van der Waals surface area contributed by atoms with Crippen molar-refractivity contribution in [1.82, 2.24) is 4.90 Å². The summed E-state index contributed by atoms with van der Waals surface area (Å²) in [6.45, 7) is 1.41. The lowest BCUT2D eigenvalue weighted by Crippen LogP contribution is -2.49. The summed E-state index contributed by atoms with van der Waals surface area (Å²) in [5.74, 6) is -0.626. The first-order valence-electron chi connectivity index (χ1n) is 8.01. The Balaban J connectivity index is 1.58. The highest BCUT2D eigenvalue weighted by Gasteiger charge is 2.48. The zero-order valence-electron chi connectivity index (χ0n) is 12.7. The van der Waals surface area contributed by atoms with Gasteiger partial charge in [-0.2, -0.15) is 0 Å². The minimum Gasteiger partial charge on any atom is -0.341 e. The van der Waals surface area contributed by atoms with Crippen LogP contribution in [-0.4, -0.2) is 29.4 Å². The van der Waals surface area contributed by atoms with Crippen molar-refractivity contribution in [2.75, 3.05) is 13.1 Å². The Kier molecular flexibility index (Phi) is 4.17. The second kappa shape index (κ2) is 5.95. The Morgan fingerprint density at radius 2 is 2.00 bits per heavy atom. The zero-order valence-corrected chi connectivity index (χ0v) is 12.7. The molecular formula is C17H22F2N2O. The molecule has 3 nitrogen and oxygen atoms in total. The van der Waals surface area contributed by atoms with Crippen molar-refractivity contribution >= 4 is 5.91 Å². The summed E-state index contributed by atoms with van der Waals surface area (Å²) in [4.78, 5) is 14.1. The van der Waals surface area contributed by atoms with E-state index >= 15 is 0 Å². The number of carbonyl (C=O) groups excluding carboxylic acids is 1. The van der Waals surface area contributed by atoms with Crippen molar-refractivity contribution in [3.05, 3.63) is 35.4 Å². The van der Waals surface area contributed by atoms with E-state index < -0.39 is 17.2 Å². The summed E-state index contributed by atoms with van der Waals surface area (Å²) < 4.78 is 27.3. The molecule has 1 saturated carbocycles. The molecule has 2 aliphatic rings. The second-order valence-corrected chi connectivity index (χ2v) is 6.65. The maximum absolute atomic E-state index is 13.7. The van der Waals surface area contributed by atoms with E-state index in [1.54, 1.807) is 0 Å². The Morgan fingerprint density at radius 3 is 2.64 bits per heavy atom. The third-order valence-corrected chi connectivity index (χ3v) is 4.89. The van der Waals surface area contributed by atoms with Gasteiger partial charge in [-0.15, -0.1) is 0 Å². The summed E-state index contributed by atoms with van der Waals surface area (Å²) in [5, 5.41) is 0. The lowest BCUT2D eigenvalue weighted by atomic mass is 9.91. The van der Waals surface area contributed by atoms with Crippen LogP contribution in [0.25, 0.3) is 0 Å². The molecule has 1 aliphatic carbocycles. The lowest BCUT2D eigenvalue weighted by molar-refractivity contribution is -0.135. The van der Waals surface area contributed by atoms with Crippen LogP contribution < -0.4 is 5.73 Å². The summed E-state index contributed by atoms with van der Waals surface area (Å²) in [7, 11) is 0. The maximum Gasteiger partial charge on any atom is 0.242 e. The number of benzene rings is 1. The van der Waals surface area contributed by atoms with E-state index in [-0.39, 0.29) is 11.5 Å². The highest BCUT2D eigenvalue weighted by molar-refractivity contribution is 5.89. The van der Waals surface area contributed by atoms with Gasteiger partial charge in [-0.1, -0.05) is 6.07 Å². The van der Waals surface area contributed by atoms with Gasteiger partial charge in [0.25, 0.3) is 0 Å². The summed E-state index contributed by atoms with van der Waals surface area (Å²) >= 11 is 0. The highest BCUT2D eigenvalue weighted by atomic mass is 19.1. The lowest BCUT2D eigenvalue weighted by Gasteiger charge is -2.34. The summed E-state index contributed by atoms with van der Waals surface area (Å²) in [6.07, 6.45) is 4.54. The van der Waals surface area contributed by atoms with Crippen molar-refractivity contribution in [1.29, 1.82) is 0 Å². The topological polar surface area (TPSA) is 46.3 Å². The van der Waals surface area contributed by atoms with Gasteiger partial charge < -0.3 is 10.6 Å². The third-order valence-electron chi connectivity index (χ3n) is 4.89. The van der Waals surface area contributed by atoms with Gasteiger partial charge in [-0.05, 0) is 56.6 Å². The van der Waals surface area contributed by atoms with Crippen LogP contribution in [0.5, 0.6) is 0 Å². The van der Waals surface area contributed by atoms with E-state index in [0.29, 0.717) is 25.3 Å². The van der Waals surface area contributed by atoms with Crippen LogP contribution in [0.1, 0.15) is 37.7 Å². The van der Waals surface area contributed by atoms with Crippen LogP contribution in [0.4, 0.5) is 8.78 Å². The number of carbonyl (C=O) groups is 1. The largest absolute Gasteiger partial charge is 0.341 e. The van der Waals surface area contributed by atoms with Crippen LogP contribution in [0.3, 0.4) is 0 Å². The molecule has 1 aromatic rings. The molecule has 0 aromatic heterocycles. The fourth-order valence-electron chi connectivity index (χ4n) is 3.27. The molecule has 120 valence electrons. The van der Waals surface area contributed by atoms with Gasteiger partial charge >= 0.3 is 0 Å². The van der Waals surface area contributed by atoms with E-state index in [0.717, 1.165) is 32.2 Å². The minimum absolute atomic E-state index is 0.0503. The van der Waals surface area contributed by atoms with Crippen molar-refractivity contribution in [3.8, 4) is 0 Å². The summed E-state index contributed by atoms with van der Waals surface area (Å²) in [6, 6.07) is 3.96. The third kappa shape index (κ3) is 3.14. The number of piperidine rings is 1. The molecule has 0 spiro atoms. The average Bonchev–Trinajstić information content (AvgIpc) is 3.25. The molecule has 1 amide bonds. The van der Waals surface area contributed by atoms with Crippen LogP contribution in [0, 0.1) is 17.6 Å². The number of amides is 1. The number of hydrogen-bond donors (Lipinski definition) is 1. The van der Waals surface area contributed by atoms with Crippen LogP contribution >= 0.6 is 0 Å². The predicted molar refractivity (Wildman–Crippen MR) is 80.1 cm³/mol. The predicted octanol–water partition coefficient (Wildman–Crippen LogP) is 2.63. The quantitative estimate of drug-likeness (QED) is 0.929. The monoisotopic (exact) mass is 308 g/mol. The highest BCUT2D eigenvalue weighted by Crippen LogP contribution is 2.35. The molecule has 1 aliphatic heterocycles. The first-order valence-corrected chi connectivity index (χ1v) is 8.01. The smallest absolute Gasteiger partial charge is 0.242 e. The molecule has 1 heterocycles. The Morgan fingerprint density at radius 1 is 1.32 bits per heavy atom. The van der Waals surface area contributed by atoms with E-state index in [2.05, 4.69) is 0 Å². The van der Waals surface area contributed by atoms with Gasteiger partial charge in [0.1, 0.15) is 11.6 Å². The molecule has 22 heavy (non-hydrogen) atoms. The second-order valence-electron chi connectivity index (χ2n) is 6.65. The van der Waals surface area contributed by atoms with Crippen LogP contribution in [0.15, 0.2) is 18.2 Å². The van der Waals surface area contributed by atoms with Crippen molar-refractivity contribution < 1.29 is 13.6 Å². The van der Waals surface area contributed by atoms with Crippen molar-refractivity contribution in [3.63, 3.8) is 0 Å². The molecule has 1 atom stereocenters. The zero-order chi connectivity index (χ0) is 15.7. The number of nitrogens with two attached hydrogens (primary N) is 1. The van der Waals surface area contributed by atoms with E-state index in [1.165, 1.54) is 18.2 Å². The average molecular weight is 308 g/mol. The number of rotatable bonds is 4. The first-order chi connectivity index (χ1) is 10.5. The molecule has 3 rings (SSSR count). The summed E-state index contributed by atoms with van der Waals surface area (Å²) in [5.41, 5.74) is 5.51. The maximum atomic E-state index is 13.7. The minimum atomic E-state index is -0.625. The molecule has 5 heteroatoms. The van der Waals surface area contributed by atoms with Gasteiger partial charge in [0.2, 0.25) is 5.91 Å². The molecule has 0 bridgehead atoms. The molecular weight excluding hydrogens is 286 g/mol. The van der Waals surface area contributed by atoms with Crippen LogP contribution in [0.2, 0.25) is 0 Å². The van der Waals surface area contributed by atoms with E-state index in [9.17, 15) is 13.6 Å². The number of likely N-dealkylation sites (tertiary alicyclic amines) is 1.